The van der Waals surface area contributed by atoms with Crippen LogP contribution in [0.15, 0.2) is 0 Å². The molecule has 1 rings (SSSR count). The third-order valence-electron chi connectivity index (χ3n) is 6.01. The SMILES string of the molecule is CC(C)C[C@H](NC(=O)[C@@H]1CCCN1)C(=O)NCC(=O)N[C@H](C(=O)N[C@@H](CCCNC(=N)N)C(=O)O)C(C)C. The lowest BCUT2D eigenvalue weighted by Gasteiger charge is -2.25. The molecule has 1 aliphatic rings. The number of carboxylic acids is 1. The highest BCUT2D eigenvalue weighted by Gasteiger charge is 2.30. The summed E-state index contributed by atoms with van der Waals surface area (Å²) in [5.74, 6) is -3.77. The first kappa shape index (κ1) is 32.6. The van der Waals surface area contributed by atoms with Gasteiger partial charge in [-0.2, -0.15) is 0 Å². The molecule has 0 unspecified atom stereocenters. The highest BCUT2D eigenvalue weighted by molar-refractivity contribution is 5.94. The van der Waals surface area contributed by atoms with Crippen molar-refractivity contribution < 1.29 is 29.1 Å². The van der Waals surface area contributed by atoms with Crippen molar-refractivity contribution in [1.29, 1.82) is 5.41 Å². The summed E-state index contributed by atoms with van der Waals surface area (Å²) in [4.78, 5) is 62.2. The van der Waals surface area contributed by atoms with Crippen molar-refractivity contribution in [1.82, 2.24) is 31.9 Å². The number of amides is 4. The van der Waals surface area contributed by atoms with Crippen molar-refractivity contribution in [2.45, 2.75) is 84.0 Å². The van der Waals surface area contributed by atoms with Gasteiger partial charge in [0.2, 0.25) is 23.6 Å². The topological polar surface area (TPSA) is 228 Å². The average Bonchev–Trinajstić information content (AvgIpc) is 3.36. The molecule has 1 saturated heterocycles. The third-order valence-corrected chi connectivity index (χ3v) is 6.01. The Morgan fingerprint density at radius 2 is 1.68 bits per heavy atom. The number of guanidine groups is 1. The minimum Gasteiger partial charge on any atom is -0.480 e. The molecule has 0 spiro atoms. The first-order valence-electron chi connectivity index (χ1n) is 13.0. The molecule has 1 fully saturated rings. The Balaban J connectivity index is 2.67. The lowest BCUT2D eigenvalue weighted by atomic mass is 10.0. The summed E-state index contributed by atoms with van der Waals surface area (Å²) in [5, 5.41) is 32.5. The van der Waals surface area contributed by atoms with Crippen molar-refractivity contribution in [2.75, 3.05) is 19.6 Å². The highest BCUT2D eigenvalue weighted by atomic mass is 16.4. The van der Waals surface area contributed by atoms with Crippen molar-refractivity contribution in [3.63, 3.8) is 0 Å². The molecule has 4 atom stereocenters. The molecule has 4 amide bonds. The second-order valence-corrected chi connectivity index (χ2v) is 10.2. The Bertz CT molecular complexity index is 844. The van der Waals surface area contributed by atoms with Crippen molar-refractivity contribution in [3.05, 3.63) is 0 Å². The minimum atomic E-state index is -1.23. The largest absolute Gasteiger partial charge is 0.480 e. The highest BCUT2D eigenvalue weighted by Crippen LogP contribution is 2.09. The number of hydrogen-bond donors (Lipinski definition) is 9. The van der Waals surface area contributed by atoms with E-state index in [2.05, 4.69) is 31.9 Å². The Hall–Kier alpha value is -3.42. The quantitative estimate of drug-likeness (QED) is 0.0620. The van der Waals surface area contributed by atoms with Gasteiger partial charge in [-0.1, -0.05) is 27.7 Å². The van der Waals surface area contributed by atoms with Crippen LogP contribution in [0.4, 0.5) is 0 Å². The van der Waals surface area contributed by atoms with Gasteiger partial charge in [-0.3, -0.25) is 24.6 Å². The molecule has 1 heterocycles. The Morgan fingerprint density at radius 1 is 1.00 bits per heavy atom. The number of hydrogen-bond acceptors (Lipinski definition) is 7. The van der Waals surface area contributed by atoms with E-state index in [1.54, 1.807) is 13.8 Å². The molecule has 216 valence electrons. The smallest absolute Gasteiger partial charge is 0.326 e. The maximum atomic E-state index is 12.8. The predicted octanol–water partition coefficient (Wildman–Crippen LogP) is -1.64. The number of carbonyl (C=O) groups is 5. The van der Waals surface area contributed by atoms with Crippen LogP contribution in [0.3, 0.4) is 0 Å². The van der Waals surface area contributed by atoms with Gasteiger partial charge in [0.15, 0.2) is 5.96 Å². The molecule has 0 saturated carbocycles. The fraction of sp³-hybridized carbons (Fsp3) is 0.750. The van der Waals surface area contributed by atoms with E-state index < -0.39 is 48.4 Å². The van der Waals surface area contributed by atoms with Crippen LogP contribution >= 0.6 is 0 Å². The predicted molar refractivity (Wildman–Crippen MR) is 141 cm³/mol. The van der Waals surface area contributed by atoms with Gasteiger partial charge in [-0.25, -0.2) is 4.79 Å². The maximum Gasteiger partial charge on any atom is 0.326 e. The van der Waals surface area contributed by atoms with Crippen LogP contribution in [-0.2, 0) is 24.0 Å². The van der Waals surface area contributed by atoms with E-state index in [9.17, 15) is 29.1 Å². The van der Waals surface area contributed by atoms with E-state index in [4.69, 9.17) is 11.1 Å². The van der Waals surface area contributed by atoms with E-state index in [0.717, 1.165) is 13.0 Å². The van der Waals surface area contributed by atoms with E-state index >= 15 is 0 Å². The summed E-state index contributed by atoms with van der Waals surface area (Å²) in [6, 6.07) is -3.37. The summed E-state index contributed by atoms with van der Waals surface area (Å²) in [6.45, 7) is 7.83. The molecule has 14 heteroatoms. The van der Waals surface area contributed by atoms with Crippen LogP contribution in [-0.4, -0.2) is 84.5 Å². The number of rotatable bonds is 16. The van der Waals surface area contributed by atoms with Crippen LogP contribution in [0.1, 0.15) is 59.8 Å². The average molecular weight is 541 g/mol. The van der Waals surface area contributed by atoms with Gasteiger partial charge < -0.3 is 42.7 Å². The lowest BCUT2D eigenvalue weighted by Crippen LogP contribution is -2.56. The van der Waals surface area contributed by atoms with Gasteiger partial charge in [-0.15, -0.1) is 0 Å². The maximum absolute atomic E-state index is 12.8. The number of carbonyl (C=O) groups excluding carboxylic acids is 4. The van der Waals surface area contributed by atoms with Gasteiger partial charge in [0.25, 0.3) is 0 Å². The summed E-state index contributed by atoms with van der Waals surface area (Å²) in [5.41, 5.74) is 5.20. The molecule has 0 aliphatic carbocycles. The van der Waals surface area contributed by atoms with Gasteiger partial charge >= 0.3 is 5.97 Å². The number of aliphatic carboxylic acids is 1. The molecule has 14 nitrogen and oxygen atoms in total. The molecular formula is C24H44N8O6. The van der Waals surface area contributed by atoms with Gasteiger partial charge in [0.1, 0.15) is 18.1 Å². The first-order valence-corrected chi connectivity index (χ1v) is 13.0. The summed E-state index contributed by atoms with van der Waals surface area (Å²) in [6.07, 6.45) is 2.40. The molecular weight excluding hydrogens is 496 g/mol. The molecule has 38 heavy (non-hydrogen) atoms. The minimum absolute atomic E-state index is 0.0928. The van der Waals surface area contributed by atoms with Crippen molar-refractivity contribution in [3.8, 4) is 0 Å². The van der Waals surface area contributed by atoms with E-state index in [1.165, 1.54) is 0 Å². The summed E-state index contributed by atoms with van der Waals surface area (Å²) < 4.78 is 0. The number of carboxylic acid groups (broad SMARTS) is 1. The van der Waals surface area contributed by atoms with Crippen LogP contribution in [0.5, 0.6) is 0 Å². The standard InChI is InChI=1S/C24H44N8O6/c1-13(2)11-17(31-21(35)15-7-5-9-27-15)20(34)29-12-18(33)32-19(14(3)4)22(36)30-16(23(37)38)8-6-10-28-24(25)26/h13-17,19,27H,5-12H2,1-4H3,(H,29,34)(H,30,36)(H,31,35)(H,32,33)(H,37,38)(H4,25,26,28)/t15-,16-,17-,19-/m0/s1. The Kier molecular flexibility index (Phi) is 14.1. The Labute approximate surface area is 223 Å². The van der Waals surface area contributed by atoms with E-state index in [-0.39, 0.29) is 42.7 Å². The number of nitrogens with two attached hydrogens (primary N) is 1. The molecule has 0 aromatic carbocycles. The van der Waals surface area contributed by atoms with Gasteiger partial charge in [0, 0.05) is 6.54 Å². The van der Waals surface area contributed by atoms with E-state index in [0.29, 0.717) is 19.3 Å². The fourth-order valence-corrected chi connectivity index (χ4v) is 3.98. The molecule has 1 aliphatic heterocycles. The molecule has 0 aromatic rings. The van der Waals surface area contributed by atoms with Gasteiger partial charge in [0.05, 0.1) is 12.6 Å². The van der Waals surface area contributed by atoms with Gasteiger partial charge in [-0.05, 0) is 50.5 Å². The third kappa shape index (κ3) is 12.2. The second-order valence-electron chi connectivity index (χ2n) is 10.2. The monoisotopic (exact) mass is 540 g/mol. The van der Waals surface area contributed by atoms with E-state index in [1.807, 2.05) is 13.8 Å². The molecule has 10 N–H and O–H groups in total. The van der Waals surface area contributed by atoms with Crippen LogP contribution in [0.25, 0.3) is 0 Å². The van der Waals surface area contributed by atoms with Crippen LogP contribution < -0.4 is 37.6 Å². The molecule has 0 radical (unpaired) electrons. The van der Waals surface area contributed by atoms with Crippen molar-refractivity contribution >= 4 is 35.6 Å². The zero-order chi connectivity index (χ0) is 28.8. The number of nitrogens with one attached hydrogen (secondary N) is 7. The molecule has 0 aromatic heterocycles. The van der Waals surface area contributed by atoms with Crippen molar-refractivity contribution in [2.24, 2.45) is 17.6 Å². The van der Waals surface area contributed by atoms with Crippen LogP contribution in [0.2, 0.25) is 0 Å². The zero-order valence-electron chi connectivity index (χ0n) is 22.7. The summed E-state index contributed by atoms with van der Waals surface area (Å²) >= 11 is 0. The summed E-state index contributed by atoms with van der Waals surface area (Å²) in [7, 11) is 0. The normalized spacial score (nSPS) is 17.3. The second kappa shape index (κ2) is 16.4. The first-order chi connectivity index (χ1) is 17.8. The Morgan fingerprint density at radius 3 is 2.21 bits per heavy atom. The lowest BCUT2D eigenvalue weighted by molar-refractivity contribution is -0.142. The van der Waals surface area contributed by atoms with Crippen LogP contribution in [0, 0.1) is 17.2 Å². The molecule has 0 bridgehead atoms. The fourth-order valence-electron chi connectivity index (χ4n) is 3.98. The zero-order valence-corrected chi connectivity index (χ0v) is 22.7.